The number of aryl methyl sites for hydroxylation is 2. The lowest BCUT2D eigenvalue weighted by atomic mass is 10.1. The molecule has 0 bridgehead atoms. The van der Waals surface area contributed by atoms with Gasteiger partial charge in [0.25, 0.3) is 0 Å². The molecule has 3 aromatic heterocycles. The highest BCUT2D eigenvalue weighted by Crippen LogP contribution is 2.44. The molecule has 0 saturated carbocycles. The van der Waals surface area contributed by atoms with Crippen LogP contribution in [-0.4, -0.2) is 23.4 Å². The zero-order valence-electron chi connectivity index (χ0n) is 16.9. The van der Waals surface area contributed by atoms with Crippen molar-refractivity contribution in [3.8, 4) is 21.0 Å². The number of carbonyl (C=O) groups is 1. The maximum atomic E-state index is 13.1. The first kappa shape index (κ1) is 22.7. The number of amides is 1. The Morgan fingerprint density at radius 3 is 2.35 bits per heavy atom. The molecule has 31 heavy (non-hydrogen) atoms. The number of halogens is 3. The van der Waals surface area contributed by atoms with Gasteiger partial charge in [0.1, 0.15) is 4.83 Å². The maximum Gasteiger partial charge on any atom is 0.416 e. The highest BCUT2D eigenvalue weighted by Gasteiger charge is 2.31. The number of thiophene rings is 1. The van der Waals surface area contributed by atoms with Crippen LogP contribution in [0.4, 0.5) is 18.9 Å². The predicted octanol–water partition coefficient (Wildman–Crippen LogP) is 5.87. The quantitative estimate of drug-likeness (QED) is 0.372. The van der Waals surface area contributed by atoms with Crippen LogP contribution >= 0.6 is 22.7 Å². The topological polar surface area (TPSA) is 80.9 Å². The summed E-state index contributed by atoms with van der Waals surface area (Å²) >= 11 is 2.97. The Morgan fingerprint density at radius 2 is 1.77 bits per heavy atom. The van der Waals surface area contributed by atoms with Gasteiger partial charge in [0.15, 0.2) is 0 Å². The molecule has 3 N–H and O–H groups in total. The standard InChI is InChI=1S/C20H16F3N3S2.CH3NO/c1-10-17(27-11(2)25-10)15-8-7-14-16(24-3)18(28-19(14)26-15)12-5-4-6-13(9-12)20(21,22)23;2-1-3/h4-9,24H,1-3H3;1H,(H2,2,3). The van der Waals surface area contributed by atoms with Crippen LogP contribution in [0.2, 0.25) is 0 Å². The minimum Gasteiger partial charge on any atom is -0.386 e. The van der Waals surface area contributed by atoms with E-state index in [9.17, 15) is 13.2 Å². The van der Waals surface area contributed by atoms with E-state index in [1.165, 1.54) is 23.5 Å². The van der Waals surface area contributed by atoms with E-state index in [1.54, 1.807) is 24.5 Å². The van der Waals surface area contributed by atoms with Gasteiger partial charge in [0, 0.05) is 12.4 Å². The van der Waals surface area contributed by atoms with Gasteiger partial charge in [0.05, 0.1) is 37.4 Å². The molecule has 0 saturated heterocycles. The number of fused-ring (bicyclic) bond motifs is 1. The monoisotopic (exact) mass is 464 g/mol. The second kappa shape index (κ2) is 9.03. The Kier molecular flexibility index (Phi) is 6.61. The number of primary amides is 1. The summed E-state index contributed by atoms with van der Waals surface area (Å²) < 4.78 is 39.4. The first-order valence-electron chi connectivity index (χ1n) is 9.08. The molecule has 10 heteroatoms. The third-order valence-corrected chi connectivity index (χ3v) is 6.64. The number of rotatable bonds is 3. The van der Waals surface area contributed by atoms with E-state index in [-0.39, 0.29) is 6.41 Å². The smallest absolute Gasteiger partial charge is 0.386 e. The van der Waals surface area contributed by atoms with E-state index in [2.05, 4.69) is 16.0 Å². The normalized spacial score (nSPS) is 11.2. The molecule has 0 atom stereocenters. The molecule has 162 valence electrons. The van der Waals surface area contributed by atoms with Gasteiger partial charge in [-0.1, -0.05) is 12.1 Å². The van der Waals surface area contributed by atoms with Crippen LogP contribution in [0.1, 0.15) is 16.3 Å². The third kappa shape index (κ3) is 4.70. The fraction of sp³-hybridized carbons (Fsp3) is 0.190. The highest BCUT2D eigenvalue weighted by molar-refractivity contribution is 7.22. The van der Waals surface area contributed by atoms with Crippen molar-refractivity contribution in [1.82, 2.24) is 9.97 Å². The number of hydrogen-bond acceptors (Lipinski definition) is 6. The van der Waals surface area contributed by atoms with Gasteiger partial charge in [-0.3, -0.25) is 4.79 Å². The molecule has 0 spiro atoms. The fourth-order valence-electron chi connectivity index (χ4n) is 3.16. The number of carbonyl (C=O) groups excluding carboxylic acids is 1. The molecule has 0 aliphatic carbocycles. The summed E-state index contributed by atoms with van der Waals surface area (Å²) in [5, 5.41) is 4.99. The number of pyridine rings is 1. The Labute approximate surface area is 184 Å². The minimum absolute atomic E-state index is 0.250. The van der Waals surface area contributed by atoms with E-state index < -0.39 is 11.7 Å². The second-order valence-electron chi connectivity index (χ2n) is 6.47. The van der Waals surface area contributed by atoms with E-state index in [0.29, 0.717) is 5.56 Å². The minimum atomic E-state index is -4.38. The highest BCUT2D eigenvalue weighted by atomic mass is 32.1. The van der Waals surface area contributed by atoms with E-state index in [4.69, 9.17) is 9.78 Å². The number of nitrogens with two attached hydrogens (primary N) is 1. The zero-order chi connectivity index (χ0) is 22.8. The van der Waals surface area contributed by atoms with Gasteiger partial charge in [0.2, 0.25) is 6.41 Å². The lowest BCUT2D eigenvalue weighted by Gasteiger charge is -2.09. The molecule has 4 rings (SSSR count). The third-order valence-electron chi connectivity index (χ3n) is 4.39. The molecule has 4 aromatic rings. The predicted molar refractivity (Wildman–Crippen MR) is 120 cm³/mol. The summed E-state index contributed by atoms with van der Waals surface area (Å²) in [7, 11) is 1.77. The fourth-order valence-corrected chi connectivity index (χ4v) is 5.23. The first-order chi connectivity index (χ1) is 14.7. The van der Waals surface area contributed by atoms with Gasteiger partial charge in [-0.25, -0.2) is 9.97 Å². The van der Waals surface area contributed by atoms with Crippen LogP contribution in [-0.2, 0) is 11.0 Å². The van der Waals surface area contributed by atoms with Crippen molar-refractivity contribution in [3.05, 3.63) is 52.7 Å². The molecule has 0 radical (unpaired) electrons. The summed E-state index contributed by atoms with van der Waals surface area (Å²) in [6.45, 7) is 3.90. The van der Waals surface area contributed by atoms with E-state index >= 15 is 0 Å². The van der Waals surface area contributed by atoms with Gasteiger partial charge < -0.3 is 11.1 Å². The van der Waals surface area contributed by atoms with Crippen LogP contribution in [0.15, 0.2) is 36.4 Å². The van der Waals surface area contributed by atoms with Crippen molar-refractivity contribution in [2.45, 2.75) is 20.0 Å². The molecule has 0 aliphatic heterocycles. The van der Waals surface area contributed by atoms with Crippen molar-refractivity contribution in [2.75, 3.05) is 12.4 Å². The van der Waals surface area contributed by atoms with Crippen molar-refractivity contribution < 1.29 is 18.0 Å². The average molecular weight is 465 g/mol. The Morgan fingerprint density at radius 1 is 1.06 bits per heavy atom. The van der Waals surface area contributed by atoms with Crippen LogP contribution in [0.5, 0.6) is 0 Å². The number of thiazole rings is 1. The van der Waals surface area contributed by atoms with Gasteiger partial charge >= 0.3 is 6.18 Å². The molecule has 1 amide bonds. The average Bonchev–Trinajstić information content (AvgIpc) is 3.26. The lowest BCUT2D eigenvalue weighted by molar-refractivity contribution is -0.137. The number of anilines is 1. The SMILES string of the molecule is CNc1c(-c2cccc(C(F)(F)F)c2)sc2nc(-c3sc(C)nc3C)ccc12.NC=O. The summed E-state index contributed by atoms with van der Waals surface area (Å²) in [6.07, 6.45) is -4.13. The molecule has 5 nitrogen and oxygen atoms in total. The number of nitrogens with one attached hydrogen (secondary N) is 1. The number of hydrogen-bond donors (Lipinski definition) is 2. The number of benzene rings is 1. The van der Waals surface area contributed by atoms with Crippen LogP contribution in [0.25, 0.3) is 31.2 Å². The summed E-state index contributed by atoms with van der Waals surface area (Å²) in [5.74, 6) is 0. The van der Waals surface area contributed by atoms with Crippen LogP contribution in [0.3, 0.4) is 0 Å². The molecule has 1 aromatic carbocycles. The molecule has 0 fully saturated rings. The zero-order valence-corrected chi connectivity index (χ0v) is 18.5. The second-order valence-corrected chi connectivity index (χ2v) is 8.67. The lowest BCUT2D eigenvalue weighted by Crippen LogP contribution is -2.04. The van der Waals surface area contributed by atoms with E-state index in [1.807, 2.05) is 26.0 Å². The van der Waals surface area contributed by atoms with Gasteiger partial charge in [-0.05, 0) is 43.7 Å². The molecule has 0 aliphatic rings. The Balaban J connectivity index is 0.000000858. The first-order valence-corrected chi connectivity index (χ1v) is 10.7. The number of alkyl halides is 3. The number of aromatic nitrogens is 2. The Bertz CT molecular complexity index is 1230. The Hall–Kier alpha value is -2.98. The summed E-state index contributed by atoms with van der Waals surface area (Å²) in [5.41, 5.74) is 6.57. The van der Waals surface area contributed by atoms with Gasteiger partial charge in [-0.2, -0.15) is 13.2 Å². The molecular formula is C21H19F3N4OS2. The van der Waals surface area contributed by atoms with Crippen LogP contribution < -0.4 is 11.1 Å². The molecule has 3 heterocycles. The number of nitrogens with zero attached hydrogens (tertiary/aromatic N) is 2. The molecule has 0 unspecified atom stereocenters. The summed E-state index contributed by atoms with van der Waals surface area (Å²) in [4.78, 5) is 20.3. The largest absolute Gasteiger partial charge is 0.416 e. The van der Waals surface area contributed by atoms with Crippen LogP contribution in [0, 0.1) is 13.8 Å². The van der Waals surface area contributed by atoms with E-state index in [0.717, 1.165) is 48.1 Å². The maximum absolute atomic E-state index is 13.1. The van der Waals surface area contributed by atoms with Crippen molar-refractivity contribution >= 4 is 45.0 Å². The van der Waals surface area contributed by atoms with Crippen molar-refractivity contribution in [2.24, 2.45) is 5.73 Å². The summed E-state index contributed by atoms with van der Waals surface area (Å²) in [6, 6.07) is 9.30. The van der Waals surface area contributed by atoms with Crippen molar-refractivity contribution in [1.29, 1.82) is 0 Å². The van der Waals surface area contributed by atoms with Gasteiger partial charge in [-0.15, -0.1) is 22.7 Å². The van der Waals surface area contributed by atoms with Crippen molar-refractivity contribution in [3.63, 3.8) is 0 Å². The molecular weight excluding hydrogens is 445 g/mol.